The van der Waals surface area contributed by atoms with Crippen molar-refractivity contribution in [3.8, 4) is 17.6 Å². The van der Waals surface area contributed by atoms with E-state index < -0.39 is 5.78 Å². The molecule has 0 radical (unpaired) electrons. The van der Waals surface area contributed by atoms with Crippen LogP contribution in [0, 0.1) is 11.8 Å². The van der Waals surface area contributed by atoms with Gasteiger partial charge in [0.1, 0.15) is 5.75 Å². The number of benzene rings is 2. The maximum atomic E-state index is 12.1. The molecule has 0 N–H and O–H groups in total. The molecular weight excluding hydrogens is 266 g/mol. The number of azide groups is 1. The molecule has 0 unspecified atom stereocenters. The summed E-state index contributed by atoms with van der Waals surface area (Å²) in [5.41, 5.74) is 9.71. The van der Waals surface area contributed by atoms with Crippen molar-refractivity contribution in [3.05, 3.63) is 70.1 Å². The number of hydrogen-bond acceptors (Lipinski definition) is 3. The van der Waals surface area contributed by atoms with Crippen LogP contribution in [0.25, 0.3) is 10.4 Å². The minimum absolute atomic E-state index is 0.268. The van der Waals surface area contributed by atoms with E-state index >= 15 is 0 Å². The second-order valence-corrected chi connectivity index (χ2v) is 4.02. The minimum atomic E-state index is -0.402. The molecule has 2 aromatic carbocycles. The van der Waals surface area contributed by atoms with Gasteiger partial charge >= 0.3 is 0 Å². The number of carbonyl (C=O) groups excluding carboxylic acids is 1. The predicted molar refractivity (Wildman–Crippen MR) is 79.5 cm³/mol. The number of rotatable bonds is 3. The van der Waals surface area contributed by atoms with Gasteiger partial charge in [0, 0.05) is 21.7 Å². The summed E-state index contributed by atoms with van der Waals surface area (Å²) in [4.78, 5) is 14.8. The fourth-order valence-corrected chi connectivity index (χ4v) is 1.70. The van der Waals surface area contributed by atoms with Gasteiger partial charge in [0.05, 0.1) is 7.11 Å². The number of Topliss-reactive ketones (excluding diaryl/α,β-unsaturated/α-hetero) is 1. The Kier molecular flexibility index (Phi) is 4.60. The molecule has 21 heavy (non-hydrogen) atoms. The minimum Gasteiger partial charge on any atom is -0.497 e. The van der Waals surface area contributed by atoms with Crippen molar-refractivity contribution in [1.82, 2.24) is 0 Å². The van der Waals surface area contributed by atoms with Crippen LogP contribution >= 0.6 is 0 Å². The Morgan fingerprint density at radius 1 is 1.24 bits per heavy atom. The van der Waals surface area contributed by atoms with E-state index in [0.717, 1.165) is 0 Å². The quantitative estimate of drug-likeness (QED) is 0.281. The van der Waals surface area contributed by atoms with Crippen LogP contribution in [0.2, 0.25) is 0 Å². The number of ketones is 1. The molecule has 0 amide bonds. The molecule has 2 rings (SSSR count). The van der Waals surface area contributed by atoms with Crippen LogP contribution in [0.15, 0.2) is 53.6 Å². The Labute approximate surface area is 121 Å². The Balaban J connectivity index is 2.30. The van der Waals surface area contributed by atoms with Gasteiger partial charge in [-0.2, -0.15) is 0 Å². The van der Waals surface area contributed by atoms with Crippen molar-refractivity contribution in [3.63, 3.8) is 0 Å². The SMILES string of the molecule is COc1cccc(C#CC(=O)c2ccccc2N=[N+]=[N-])c1. The average molecular weight is 277 g/mol. The number of nitrogens with zero attached hydrogens (tertiary/aromatic N) is 3. The Bertz CT molecular complexity index is 781. The van der Waals surface area contributed by atoms with Crippen LogP contribution in [0.5, 0.6) is 5.75 Å². The van der Waals surface area contributed by atoms with E-state index in [1.165, 1.54) is 0 Å². The molecular formula is C16H11N3O2. The van der Waals surface area contributed by atoms with E-state index in [4.69, 9.17) is 10.3 Å². The third-order valence-corrected chi connectivity index (χ3v) is 2.69. The lowest BCUT2D eigenvalue weighted by Gasteiger charge is -1.99. The van der Waals surface area contributed by atoms with Crippen molar-refractivity contribution in [2.24, 2.45) is 5.11 Å². The highest BCUT2D eigenvalue weighted by Crippen LogP contribution is 2.19. The average Bonchev–Trinajstić information content (AvgIpc) is 2.53. The van der Waals surface area contributed by atoms with Crippen molar-refractivity contribution < 1.29 is 9.53 Å². The zero-order valence-corrected chi connectivity index (χ0v) is 11.3. The first-order chi connectivity index (χ1) is 10.2. The summed E-state index contributed by atoms with van der Waals surface area (Å²) in [6.07, 6.45) is 0. The van der Waals surface area contributed by atoms with Gasteiger partial charge in [-0.3, -0.25) is 4.79 Å². The second kappa shape index (κ2) is 6.80. The van der Waals surface area contributed by atoms with Gasteiger partial charge in [0.2, 0.25) is 5.78 Å². The summed E-state index contributed by atoms with van der Waals surface area (Å²) < 4.78 is 5.09. The number of methoxy groups -OCH3 is 1. The van der Waals surface area contributed by atoms with Crippen LogP contribution < -0.4 is 4.74 Å². The van der Waals surface area contributed by atoms with E-state index in [1.807, 2.05) is 0 Å². The van der Waals surface area contributed by atoms with Crippen molar-refractivity contribution in [2.75, 3.05) is 7.11 Å². The van der Waals surface area contributed by atoms with Gasteiger partial charge in [-0.25, -0.2) is 0 Å². The summed E-state index contributed by atoms with van der Waals surface area (Å²) in [7, 11) is 1.56. The molecule has 0 fully saturated rings. The fraction of sp³-hybridized carbons (Fsp3) is 0.0625. The van der Waals surface area contributed by atoms with E-state index in [2.05, 4.69) is 21.9 Å². The Hall–Kier alpha value is -3.22. The second-order valence-electron chi connectivity index (χ2n) is 4.02. The maximum Gasteiger partial charge on any atom is 0.236 e. The van der Waals surface area contributed by atoms with E-state index in [-0.39, 0.29) is 11.3 Å². The Morgan fingerprint density at radius 3 is 2.81 bits per heavy atom. The summed E-state index contributed by atoms with van der Waals surface area (Å²) in [5, 5.41) is 3.48. The zero-order valence-electron chi connectivity index (χ0n) is 11.3. The number of carbonyl (C=O) groups is 1. The molecule has 0 saturated heterocycles. The van der Waals surface area contributed by atoms with E-state index in [0.29, 0.717) is 11.3 Å². The standard InChI is InChI=1S/C16H11N3O2/c1-21-13-6-4-5-12(11-13)9-10-16(20)14-7-2-3-8-15(14)18-19-17/h2-8,11H,1H3. The molecule has 102 valence electrons. The van der Waals surface area contributed by atoms with Gasteiger partial charge < -0.3 is 4.74 Å². The van der Waals surface area contributed by atoms with E-state index in [1.54, 1.807) is 55.6 Å². The normalized spacial score (nSPS) is 9.00. The number of hydrogen-bond donors (Lipinski definition) is 0. The van der Waals surface area contributed by atoms with Crippen molar-refractivity contribution in [1.29, 1.82) is 0 Å². The molecule has 0 aliphatic carbocycles. The fourth-order valence-electron chi connectivity index (χ4n) is 1.70. The van der Waals surface area contributed by atoms with Crippen molar-refractivity contribution in [2.45, 2.75) is 0 Å². The highest BCUT2D eigenvalue weighted by atomic mass is 16.5. The van der Waals surface area contributed by atoms with Crippen LogP contribution in [0.4, 0.5) is 5.69 Å². The highest BCUT2D eigenvalue weighted by Gasteiger charge is 2.06. The molecule has 0 spiro atoms. The molecule has 0 bridgehead atoms. The third kappa shape index (κ3) is 3.63. The lowest BCUT2D eigenvalue weighted by Crippen LogP contribution is -1.95. The largest absolute Gasteiger partial charge is 0.497 e. The molecule has 0 aromatic heterocycles. The first-order valence-corrected chi connectivity index (χ1v) is 6.09. The summed E-state index contributed by atoms with van der Waals surface area (Å²) in [6.45, 7) is 0. The first-order valence-electron chi connectivity index (χ1n) is 6.09. The van der Waals surface area contributed by atoms with Crippen LogP contribution in [0.1, 0.15) is 15.9 Å². The lowest BCUT2D eigenvalue weighted by molar-refractivity contribution is 0.105. The van der Waals surface area contributed by atoms with Gasteiger partial charge in [-0.1, -0.05) is 35.3 Å². The lowest BCUT2D eigenvalue weighted by atomic mass is 10.1. The summed E-state index contributed by atoms with van der Waals surface area (Å²) in [6, 6.07) is 13.6. The van der Waals surface area contributed by atoms with Gasteiger partial charge in [0.25, 0.3) is 0 Å². The smallest absolute Gasteiger partial charge is 0.236 e. The molecule has 0 saturated carbocycles. The Morgan fingerprint density at radius 2 is 2.05 bits per heavy atom. The van der Waals surface area contributed by atoms with Gasteiger partial charge in [-0.05, 0) is 35.7 Å². The highest BCUT2D eigenvalue weighted by molar-refractivity contribution is 6.12. The monoisotopic (exact) mass is 277 g/mol. The zero-order chi connectivity index (χ0) is 15.1. The topological polar surface area (TPSA) is 75.1 Å². The molecule has 2 aromatic rings. The molecule has 0 aliphatic rings. The maximum absolute atomic E-state index is 12.1. The molecule has 5 nitrogen and oxygen atoms in total. The first kappa shape index (κ1) is 14.2. The van der Waals surface area contributed by atoms with E-state index in [9.17, 15) is 4.79 Å². The third-order valence-electron chi connectivity index (χ3n) is 2.69. The van der Waals surface area contributed by atoms with Crippen LogP contribution in [0.3, 0.4) is 0 Å². The molecule has 5 heteroatoms. The van der Waals surface area contributed by atoms with Crippen LogP contribution in [-0.2, 0) is 0 Å². The number of ether oxygens (including phenoxy) is 1. The molecule has 0 aliphatic heterocycles. The van der Waals surface area contributed by atoms with Crippen LogP contribution in [-0.4, -0.2) is 12.9 Å². The molecule has 0 heterocycles. The van der Waals surface area contributed by atoms with Gasteiger partial charge in [-0.15, -0.1) is 0 Å². The molecule has 0 atom stereocenters. The predicted octanol–water partition coefficient (Wildman–Crippen LogP) is 3.87. The summed E-state index contributed by atoms with van der Waals surface area (Å²) in [5.74, 6) is 5.58. The summed E-state index contributed by atoms with van der Waals surface area (Å²) >= 11 is 0. The van der Waals surface area contributed by atoms with Crippen molar-refractivity contribution >= 4 is 11.5 Å². The van der Waals surface area contributed by atoms with Gasteiger partial charge in [0.15, 0.2) is 0 Å².